The van der Waals surface area contributed by atoms with Gasteiger partial charge < -0.3 is 15.3 Å². The summed E-state index contributed by atoms with van der Waals surface area (Å²) in [5.41, 5.74) is 3.67. The highest BCUT2D eigenvalue weighted by atomic mass is 16.3. The Bertz CT molecular complexity index is 950. The molecule has 0 aromatic heterocycles. The lowest BCUT2D eigenvalue weighted by Crippen LogP contribution is -2.40. The molecule has 3 heteroatoms. The van der Waals surface area contributed by atoms with Crippen LogP contribution in [0.5, 0.6) is 17.2 Å². The number of rotatable bonds is 5. The molecule has 0 saturated heterocycles. The summed E-state index contributed by atoms with van der Waals surface area (Å²) >= 11 is 0. The maximum atomic E-state index is 9.82. The first-order valence-electron chi connectivity index (χ1n) is 11.3. The van der Waals surface area contributed by atoms with Gasteiger partial charge in [0, 0.05) is 5.41 Å². The fourth-order valence-electron chi connectivity index (χ4n) is 5.62. The van der Waals surface area contributed by atoms with Crippen molar-refractivity contribution < 1.29 is 15.3 Å². The van der Waals surface area contributed by atoms with E-state index < -0.39 is 0 Å². The molecule has 162 valence electrons. The predicted molar refractivity (Wildman–Crippen MR) is 125 cm³/mol. The molecule has 3 aromatic rings. The van der Waals surface area contributed by atoms with Crippen molar-refractivity contribution in [3.63, 3.8) is 0 Å². The molecule has 1 aliphatic carbocycles. The summed E-state index contributed by atoms with van der Waals surface area (Å²) in [4.78, 5) is 0. The fourth-order valence-corrected chi connectivity index (χ4v) is 5.62. The predicted octanol–water partition coefficient (Wildman–Crippen LogP) is 6.65. The van der Waals surface area contributed by atoms with Gasteiger partial charge in [0.25, 0.3) is 0 Å². The summed E-state index contributed by atoms with van der Waals surface area (Å²) < 4.78 is 0. The summed E-state index contributed by atoms with van der Waals surface area (Å²) in [5, 5.41) is 29.4. The van der Waals surface area contributed by atoms with Gasteiger partial charge in [0.1, 0.15) is 17.2 Å². The van der Waals surface area contributed by atoms with E-state index in [4.69, 9.17) is 0 Å². The third kappa shape index (κ3) is 3.89. The van der Waals surface area contributed by atoms with Gasteiger partial charge in [-0.3, -0.25) is 0 Å². The topological polar surface area (TPSA) is 60.7 Å². The van der Waals surface area contributed by atoms with Crippen LogP contribution in [0.15, 0.2) is 72.8 Å². The zero-order valence-corrected chi connectivity index (χ0v) is 18.4. The largest absolute Gasteiger partial charge is 0.508 e. The van der Waals surface area contributed by atoms with Gasteiger partial charge in [-0.1, -0.05) is 50.2 Å². The van der Waals surface area contributed by atoms with E-state index in [1.807, 2.05) is 24.3 Å². The lowest BCUT2D eigenvalue weighted by molar-refractivity contribution is 0.172. The second kappa shape index (κ2) is 8.30. The molecule has 3 N–H and O–H groups in total. The van der Waals surface area contributed by atoms with Crippen LogP contribution in [0.1, 0.15) is 62.6 Å². The average molecular weight is 417 g/mol. The van der Waals surface area contributed by atoms with Crippen molar-refractivity contribution in [2.24, 2.45) is 5.92 Å². The molecule has 0 spiro atoms. The standard InChI is InChI=1S/C28H32O3/c1-3-27(2,20-4-10-24(29)11-5-20)21-16-18-28(19-17-21,22-6-12-25(30)13-7-22)23-8-14-26(31)15-9-23/h4-15,21,29-31H,3,16-19H2,1-2H3. The number of hydrogen-bond acceptors (Lipinski definition) is 3. The van der Waals surface area contributed by atoms with E-state index in [1.54, 1.807) is 36.4 Å². The monoisotopic (exact) mass is 416 g/mol. The highest BCUT2D eigenvalue weighted by molar-refractivity contribution is 5.44. The third-order valence-corrected chi connectivity index (χ3v) is 7.84. The Hall–Kier alpha value is -2.94. The van der Waals surface area contributed by atoms with Gasteiger partial charge in [0.05, 0.1) is 0 Å². The van der Waals surface area contributed by atoms with Gasteiger partial charge in [-0.25, -0.2) is 0 Å². The molecule has 1 aliphatic rings. The highest BCUT2D eigenvalue weighted by Gasteiger charge is 2.43. The van der Waals surface area contributed by atoms with E-state index in [2.05, 4.69) is 26.0 Å². The number of phenolic OH excluding ortho intramolecular Hbond substituents is 3. The van der Waals surface area contributed by atoms with E-state index >= 15 is 0 Å². The Morgan fingerprint density at radius 3 is 1.48 bits per heavy atom. The fraction of sp³-hybridized carbons (Fsp3) is 0.357. The van der Waals surface area contributed by atoms with Crippen LogP contribution in [0.4, 0.5) is 0 Å². The smallest absolute Gasteiger partial charge is 0.115 e. The first-order chi connectivity index (χ1) is 14.9. The van der Waals surface area contributed by atoms with Crippen molar-refractivity contribution in [3.8, 4) is 17.2 Å². The molecule has 3 nitrogen and oxygen atoms in total. The molecule has 3 aromatic carbocycles. The molecule has 1 fully saturated rings. The quantitative estimate of drug-likeness (QED) is 0.436. The second-order valence-electron chi connectivity index (χ2n) is 9.27. The first-order valence-corrected chi connectivity index (χ1v) is 11.3. The first kappa shape index (κ1) is 21.3. The maximum absolute atomic E-state index is 9.82. The Labute approximate surface area is 185 Å². The van der Waals surface area contributed by atoms with Crippen molar-refractivity contribution in [1.29, 1.82) is 0 Å². The second-order valence-corrected chi connectivity index (χ2v) is 9.27. The van der Waals surface area contributed by atoms with Crippen LogP contribution < -0.4 is 0 Å². The Morgan fingerprint density at radius 1 is 0.710 bits per heavy atom. The lowest BCUT2D eigenvalue weighted by atomic mass is 9.57. The molecular weight excluding hydrogens is 384 g/mol. The van der Waals surface area contributed by atoms with E-state index in [0.29, 0.717) is 11.7 Å². The van der Waals surface area contributed by atoms with E-state index in [1.165, 1.54) is 16.7 Å². The minimum atomic E-state index is -0.124. The normalized spacial score (nSPS) is 18.4. The minimum Gasteiger partial charge on any atom is -0.508 e. The molecule has 31 heavy (non-hydrogen) atoms. The van der Waals surface area contributed by atoms with Gasteiger partial charge in [0.2, 0.25) is 0 Å². The highest BCUT2D eigenvalue weighted by Crippen LogP contribution is 2.52. The van der Waals surface area contributed by atoms with Crippen LogP contribution in [-0.4, -0.2) is 15.3 Å². The molecule has 0 aliphatic heterocycles. The van der Waals surface area contributed by atoms with E-state index in [-0.39, 0.29) is 22.3 Å². The van der Waals surface area contributed by atoms with Crippen molar-refractivity contribution in [1.82, 2.24) is 0 Å². The number of aromatic hydroxyl groups is 3. The summed E-state index contributed by atoms with van der Waals surface area (Å²) in [6.07, 6.45) is 5.26. The number of benzene rings is 3. The Morgan fingerprint density at radius 2 is 1.10 bits per heavy atom. The third-order valence-electron chi connectivity index (χ3n) is 7.84. The zero-order chi connectivity index (χ0) is 22.1. The van der Waals surface area contributed by atoms with Gasteiger partial charge in [-0.15, -0.1) is 0 Å². The van der Waals surface area contributed by atoms with Crippen LogP contribution in [0, 0.1) is 5.92 Å². The van der Waals surface area contributed by atoms with Crippen molar-refractivity contribution >= 4 is 0 Å². The van der Waals surface area contributed by atoms with Crippen molar-refractivity contribution in [2.45, 2.75) is 56.8 Å². The molecule has 1 atom stereocenters. The average Bonchev–Trinajstić information content (AvgIpc) is 2.80. The maximum Gasteiger partial charge on any atom is 0.115 e. The lowest BCUT2D eigenvalue weighted by Gasteiger charge is -2.47. The molecule has 0 bridgehead atoms. The van der Waals surface area contributed by atoms with Crippen molar-refractivity contribution in [3.05, 3.63) is 89.5 Å². The zero-order valence-electron chi connectivity index (χ0n) is 18.4. The van der Waals surface area contributed by atoms with E-state index in [0.717, 1.165) is 32.1 Å². The summed E-state index contributed by atoms with van der Waals surface area (Å²) in [7, 11) is 0. The molecule has 0 heterocycles. The van der Waals surface area contributed by atoms with Gasteiger partial charge in [0.15, 0.2) is 0 Å². The van der Waals surface area contributed by atoms with Crippen LogP contribution in [-0.2, 0) is 10.8 Å². The number of phenols is 3. The Balaban J connectivity index is 1.67. The van der Waals surface area contributed by atoms with Crippen LogP contribution >= 0.6 is 0 Å². The van der Waals surface area contributed by atoms with Crippen molar-refractivity contribution in [2.75, 3.05) is 0 Å². The van der Waals surface area contributed by atoms with Crippen LogP contribution in [0.2, 0.25) is 0 Å². The SMILES string of the molecule is CCC(C)(c1ccc(O)cc1)C1CCC(c2ccc(O)cc2)(c2ccc(O)cc2)CC1. The Kier molecular flexibility index (Phi) is 5.70. The van der Waals surface area contributed by atoms with Gasteiger partial charge in [-0.05, 0) is 96.5 Å². The summed E-state index contributed by atoms with van der Waals surface area (Å²) in [5.74, 6) is 1.42. The van der Waals surface area contributed by atoms with Crippen LogP contribution in [0.3, 0.4) is 0 Å². The van der Waals surface area contributed by atoms with Gasteiger partial charge in [-0.2, -0.15) is 0 Å². The summed E-state index contributed by atoms with van der Waals surface area (Å²) in [6, 6.07) is 23.0. The number of hydrogen-bond donors (Lipinski definition) is 3. The molecule has 0 amide bonds. The minimum absolute atomic E-state index is 0.0593. The van der Waals surface area contributed by atoms with E-state index in [9.17, 15) is 15.3 Å². The summed E-state index contributed by atoms with van der Waals surface area (Å²) in [6.45, 7) is 4.62. The molecule has 0 radical (unpaired) electrons. The van der Waals surface area contributed by atoms with Gasteiger partial charge >= 0.3 is 0 Å². The van der Waals surface area contributed by atoms with Crippen LogP contribution in [0.25, 0.3) is 0 Å². The molecule has 1 unspecified atom stereocenters. The molecule has 1 saturated carbocycles. The molecular formula is C28H32O3. The molecule has 4 rings (SSSR count).